The summed E-state index contributed by atoms with van der Waals surface area (Å²) in [4.78, 5) is 0.768. The Morgan fingerprint density at radius 3 is 2.48 bits per heavy atom. The minimum absolute atomic E-state index is 0.688. The lowest BCUT2D eigenvalue weighted by Crippen LogP contribution is -1.94. The Bertz CT molecular complexity index is 989. The fourth-order valence-electron chi connectivity index (χ4n) is 2.54. The molecule has 2 aromatic heterocycles. The molecular formula is C17H14N4OS. The molecular weight excluding hydrogens is 308 g/mol. The van der Waals surface area contributed by atoms with Crippen molar-refractivity contribution in [2.75, 3.05) is 7.11 Å². The Balaban J connectivity index is 1.89. The molecule has 0 fully saturated rings. The van der Waals surface area contributed by atoms with Crippen LogP contribution < -0.4 is 4.74 Å². The van der Waals surface area contributed by atoms with Crippen molar-refractivity contribution in [3.8, 4) is 27.7 Å². The van der Waals surface area contributed by atoms with Gasteiger partial charge in [-0.25, -0.2) is 0 Å². The molecule has 0 aliphatic heterocycles. The number of hydrogen-bond acceptors (Lipinski definition) is 5. The summed E-state index contributed by atoms with van der Waals surface area (Å²) >= 11 is 1.53. The zero-order chi connectivity index (χ0) is 15.8. The summed E-state index contributed by atoms with van der Waals surface area (Å²) in [6.45, 7) is 2.08. The number of methoxy groups -OCH3 is 1. The molecule has 4 aromatic rings. The van der Waals surface area contributed by atoms with E-state index in [1.165, 1.54) is 16.9 Å². The second-order valence-corrected chi connectivity index (χ2v) is 6.10. The van der Waals surface area contributed by atoms with Crippen LogP contribution in [0.3, 0.4) is 0 Å². The van der Waals surface area contributed by atoms with E-state index >= 15 is 0 Å². The van der Waals surface area contributed by atoms with Crippen LogP contribution in [-0.2, 0) is 0 Å². The average molecular weight is 322 g/mol. The maximum absolute atomic E-state index is 5.42. The van der Waals surface area contributed by atoms with Crippen LogP contribution in [0.2, 0.25) is 0 Å². The molecule has 0 radical (unpaired) electrons. The number of benzene rings is 2. The predicted molar refractivity (Wildman–Crippen MR) is 90.8 cm³/mol. The van der Waals surface area contributed by atoms with Crippen LogP contribution in [0.4, 0.5) is 0 Å². The number of aromatic nitrogens is 4. The molecule has 0 amide bonds. The van der Waals surface area contributed by atoms with Gasteiger partial charge in [-0.05, 0) is 24.6 Å². The highest BCUT2D eigenvalue weighted by Crippen LogP contribution is 2.32. The molecule has 0 atom stereocenters. The quantitative estimate of drug-likeness (QED) is 0.575. The summed E-state index contributed by atoms with van der Waals surface area (Å²) in [6.07, 6.45) is 0. The number of ether oxygens (including phenoxy) is 1. The van der Waals surface area contributed by atoms with E-state index in [9.17, 15) is 0 Å². The van der Waals surface area contributed by atoms with Gasteiger partial charge in [0.2, 0.25) is 4.96 Å². The maximum Gasteiger partial charge on any atom is 0.235 e. The third kappa shape index (κ3) is 2.27. The number of hydrogen-bond donors (Lipinski definition) is 0. The third-order valence-corrected chi connectivity index (χ3v) is 4.65. The first-order valence-electron chi connectivity index (χ1n) is 7.19. The van der Waals surface area contributed by atoms with E-state index in [1.807, 2.05) is 36.4 Å². The average Bonchev–Trinajstić information content (AvgIpc) is 3.15. The molecule has 0 saturated carbocycles. The van der Waals surface area contributed by atoms with Crippen LogP contribution >= 0.6 is 11.3 Å². The fourth-order valence-corrected chi connectivity index (χ4v) is 3.47. The van der Waals surface area contributed by atoms with Crippen molar-refractivity contribution in [1.29, 1.82) is 0 Å². The van der Waals surface area contributed by atoms with Gasteiger partial charge in [-0.2, -0.15) is 9.61 Å². The van der Waals surface area contributed by atoms with Crippen molar-refractivity contribution in [3.05, 3.63) is 54.1 Å². The van der Waals surface area contributed by atoms with Crippen molar-refractivity contribution in [1.82, 2.24) is 19.8 Å². The maximum atomic E-state index is 5.42. The number of aryl methyl sites for hydroxylation is 1. The first-order chi connectivity index (χ1) is 11.3. The normalized spacial score (nSPS) is 11.0. The Labute approximate surface area is 137 Å². The standard InChI is InChI=1S/C17H14N4OS/c1-11-7-3-4-8-12(11)16-20-21-15(18-19-17(21)23-16)13-9-5-6-10-14(13)22-2/h3-10H,1-2H3. The van der Waals surface area contributed by atoms with Gasteiger partial charge in [-0.15, -0.1) is 10.2 Å². The Morgan fingerprint density at radius 2 is 1.70 bits per heavy atom. The van der Waals surface area contributed by atoms with Gasteiger partial charge in [0.15, 0.2) is 5.82 Å². The molecule has 0 spiro atoms. The summed E-state index contributed by atoms with van der Waals surface area (Å²) in [5.41, 5.74) is 3.19. The monoisotopic (exact) mass is 322 g/mol. The van der Waals surface area contributed by atoms with Gasteiger partial charge >= 0.3 is 0 Å². The Kier molecular flexibility index (Phi) is 3.31. The second kappa shape index (κ2) is 5.48. The molecule has 6 heteroatoms. The first kappa shape index (κ1) is 13.9. The summed E-state index contributed by atoms with van der Waals surface area (Å²) in [5, 5.41) is 14.2. The van der Waals surface area contributed by atoms with Crippen LogP contribution in [-0.4, -0.2) is 26.9 Å². The van der Waals surface area contributed by atoms with Gasteiger partial charge in [0.05, 0.1) is 12.7 Å². The fraction of sp³-hybridized carbons (Fsp3) is 0.118. The van der Waals surface area contributed by atoms with Crippen LogP contribution in [0.25, 0.3) is 26.9 Å². The molecule has 114 valence electrons. The summed E-state index contributed by atoms with van der Waals surface area (Å²) in [7, 11) is 1.65. The molecule has 2 heterocycles. The number of fused-ring (bicyclic) bond motifs is 1. The largest absolute Gasteiger partial charge is 0.496 e. The molecule has 2 aromatic carbocycles. The van der Waals surface area contributed by atoms with Gasteiger partial charge in [-0.1, -0.05) is 47.7 Å². The van der Waals surface area contributed by atoms with Crippen molar-refractivity contribution in [3.63, 3.8) is 0 Å². The molecule has 0 N–H and O–H groups in total. The number of para-hydroxylation sites is 1. The molecule has 0 aliphatic rings. The second-order valence-electron chi connectivity index (χ2n) is 5.14. The SMILES string of the molecule is COc1ccccc1-c1nnc2sc(-c3ccccc3C)nn12. The van der Waals surface area contributed by atoms with Crippen molar-refractivity contribution < 1.29 is 4.74 Å². The van der Waals surface area contributed by atoms with Crippen LogP contribution in [0.15, 0.2) is 48.5 Å². The van der Waals surface area contributed by atoms with Crippen LogP contribution in [0.1, 0.15) is 5.56 Å². The van der Waals surface area contributed by atoms with Gasteiger partial charge in [0, 0.05) is 5.56 Å². The summed E-state index contributed by atoms with van der Waals surface area (Å²) in [5.74, 6) is 1.45. The van der Waals surface area contributed by atoms with E-state index in [4.69, 9.17) is 9.84 Å². The summed E-state index contributed by atoms with van der Waals surface area (Å²) in [6, 6.07) is 16.0. The lowest BCUT2D eigenvalue weighted by Gasteiger charge is -2.05. The molecule has 5 nitrogen and oxygen atoms in total. The van der Waals surface area contributed by atoms with Crippen molar-refractivity contribution in [2.24, 2.45) is 0 Å². The molecule has 4 rings (SSSR count). The lowest BCUT2D eigenvalue weighted by molar-refractivity contribution is 0.416. The Hall–Kier alpha value is -2.73. The van der Waals surface area contributed by atoms with E-state index < -0.39 is 0 Å². The van der Waals surface area contributed by atoms with Gasteiger partial charge in [0.25, 0.3) is 0 Å². The van der Waals surface area contributed by atoms with E-state index in [0.717, 1.165) is 26.8 Å². The minimum Gasteiger partial charge on any atom is -0.496 e. The summed E-state index contributed by atoms with van der Waals surface area (Å²) < 4.78 is 7.21. The van der Waals surface area contributed by atoms with E-state index in [1.54, 1.807) is 11.6 Å². The third-order valence-electron chi connectivity index (χ3n) is 3.71. The van der Waals surface area contributed by atoms with Crippen molar-refractivity contribution in [2.45, 2.75) is 6.92 Å². The molecule has 0 aliphatic carbocycles. The predicted octanol–water partition coefficient (Wildman–Crippen LogP) is 3.84. The Morgan fingerprint density at radius 1 is 0.957 bits per heavy atom. The van der Waals surface area contributed by atoms with E-state index in [0.29, 0.717) is 5.82 Å². The van der Waals surface area contributed by atoms with Crippen LogP contribution in [0, 0.1) is 6.92 Å². The highest BCUT2D eigenvalue weighted by atomic mass is 32.1. The molecule has 0 bridgehead atoms. The molecule has 23 heavy (non-hydrogen) atoms. The van der Waals surface area contributed by atoms with Crippen LogP contribution in [0.5, 0.6) is 5.75 Å². The smallest absolute Gasteiger partial charge is 0.235 e. The van der Waals surface area contributed by atoms with Gasteiger partial charge in [-0.3, -0.25) is 0 Å². The van der Waals surface area contributed by atoms with Crippen molar-refractivity contribution >= 4 is 16.3 Å². The molecule has 0 saturated heterocycles. The number of nitrogens with zero attached hydrogens (tertiary/aromatic N) is 4. The number of rotatable bonds is 3. The lowest BCUT2D eigenvalue weighted by atomic mass is 10.1. The van der Waals surface area contributed by atoms with Gasteiger partial charge in [0.1, 0.15) is 10.8 Å². The van der Waals surface area contributed by atoms with Gasteiger partial charge < -0.3 is 4.74 Å². The van der Waals surface area contributed by atoms with E-state index in [-0.39, 0.29) is 0 Å². The van der Waals surface area contributed by atoms with E-state index in [2.05, 4.69) is 29.3 Å². The highest BCUT2D eigenvalue weighted by molar-refractivity contribution is 7.19. The topological polar surface area (TPSA) is 52.3 Å². The zero-order valence-electron chi connectivity index (χ0n) is 12.7. The first-order valence-corrected chi connectivity index (χ1v) is 8.01. The molecule has 0 unspecified atom stereocenters. The highest BCUT2D eigenvalue weighted by Gasteiger charge is 2.17. The zero-order valence-corrected chi connectivity index (χ0v) is 13.5. The minimum atomic E-state index is 0.688.